The summed E-state index contributed by atoms with van der Waals surface area (Å²) in [4.78, 5) is 33.1. The van der Waals surface area contributed by atoms with Crippen molar-refractivity contribution in [1.82, 2.24) is 14.5 Å². The summed E-state index contributed by atoms with van der Waals surface area (Å²) in [5.41, 5.74) is 1.67. The van der Waals surface area contributed by atoms with E-state index in [0.29, 0.717) is 42.8 Å². The van der Waals surface area contributed by atoms with Crippen LogP contribution in [0.2, 0.25) is 0 Å². The summed E-state index contributed by atoms with van der Waals surface area (Å²) >= 11 is 0. The van der Waals surface area contributed by atoms with Gasteiger partial charge >= 0.3 is 0 Å². The highest BCUT2D eigenvalue weighted by Crippen LogP contribution is 2.41. The van der Waals surface area contributed by atoms with E-state index >= 15 is 0 Å². The van der Waals surface area contributed by atoms with E-state index in [1.165, 1.54) is 0 Å². The van der Waals surface area contributed by atoms with Gasteiger partial charge in [-0.25, -0.2) is 4.98 Å². The van der Waals surface area contributed by atoms with Crippen molar-refractivity contribution in [2.45, 2.75) is 31.9 Å². The van der Waals surface area contributed by atoms with Gasteiger partial charge in [0.05, 0.1) is 24.2 Å². The lowest BCUT2D eigenvalue weighted by molar-refractivity contribution is -0.131. The molecule has 3 aliphatic rings. The number of fused-ring (bicyclic) bond motifs is 2. The molecule has 2 amide bonds. The Kier molecular flexibility index (Phi) is 4.73. The van der Waals surface area contributed by atoms with Crippen molar-refractivity contribution in [1.29, 1.82) is 0 Å². The maximum Gasteiger partial charge on any atom is 0.265 e. The van der Waals surface area contributed by atoms with E-state index in [1.54, 1.807) is 17.4 Å². The second kappa shape index (κ2) is 7.43. The van der Waals surface area contributed by atoms with Crippen LogP contribution < -0.4 is 9.64 Å². The first kappa shape index (κ1) is 19.1. The van der Waals surface area contributed by atoms with Crippen LogP contribution >= 0.6 is 0 Å². The number of aryl methyl sites for hydroxylation is 1. The van der Waals surface area contributed by atoms with Gasteiger partial charge in [-0.2, -0.15) is 0 Å². The number of benzene rings is 1. The smallest absolute Gasteiger partial charge is 0.265 e. The van der Waals surface area contributed by atoms with Gasteiger partial charge in [0.1, 0.15) is 12.3 Å². The van der Waals surface area contributed by atoms with Crippen LogP contribution in [0.4, 0.5) is 5.69 Å². The standard InChI is InChI=1S/C22H26N4O4/c1-14-2-3-20-18(6-14)26(22(29)12-30-20)11-21(28)25-9-15-7-17(24-5-4-23-13-24)19(27)8-16(15)10-25/h2-6,13,15-17,19,27H,7-12H2,1H3/t15-,16+,17-,19-/m1/s1. The van der Waals surface area contributed by atoms with Crippen molar-refractivity contribution in [2.24, 2.45) is 11.8 Å². The molecule has 0 bridgehead atoms. The fourth-order valence-electron chi connectivity index (χ4n) is 5.12. The van der Waals surface area contributed by atoms with Gasteiger partial charge in [-0.15, -0.1) is 0 Å². The summed E-state index contributed by atoms with van der Waals surface area (Å²) in [5, 5.41) is 10.6. The molecule has 5 rings (SSSR count). The van der Waals surface area contributed by atoms with Gasteiger partial charge in [-0.05, 0) is 49.3 Å². The van der Waals surface area contributed by atoms with Crippen molar-refractivity contribution in [3.05, 3.63) is 42.5 Å². The number of nitrogens with zero attached hydrogens (tertiary/aromatic N) is 4. The van der Waals surface area contributed by atoms with Gasteiger partial charge in [0, 0.05) is 25.5 Å². The Balaban J connectivity index is 1.28. The Bertz CT molecular complexity index is 960. The van der Waals surface area contributed by atoms with Crippen LogP contribution in [-0.2, 0) is 9.59 Å². The average Bonchev–Trinajstić information content (AvgIpc) is 3.39. The molecule has 4 atom stereocenters. The Hall–Kier alpha value is -2.87. The summed E-state index contributed by atoms with van der Waals surface area (Å²) < 4.78 is 7.48. The summed E-state index contributed by atoms with van der Waals surface area (Å²) in [6.45, 7) is 3.22. The lowest BCUT2D eigenvalue weighted by Crippen LogP contribution is -2.46. The molecule has 1 aromatic heterocycles. The van der Waals surface area contributed by atoms with E-state index in [1.807, 2.05) is 40.8 Å². The number of ether oxygens (including phenoxy) is 1. The van der Waals surface area contributed by atoms with Crippen molar-refractivity contribution >= 4 is 17.5 Å². The first-order valence-corrected chi connectivity index (χ1v) is 10.5. The third-order valence-electron chi connectivity index (χ3n) is 6.72. The fourth-order valence-corrected chi connectivity index (χ4v) is 5.12. The van der Waals surface area contributed by atoms with Crippen molar-refractivity contribution in [2.75, 3.05) is 31.1 Å². The van der Waals surface area contributed by atoms with E-state index in [4.69, 9.17) is 4.74 Å². The van der Waals surface area contributed by atoms with Crippen LogP contribution in [0.3, 0.4) is 0 Å². The zero-order chi connectivity index (χ0) is 20.8. The van der Waals surface area contributed by atoms with Crippen molar-refractivity contribution < 1.29 is 19.4 Å². The number of rotatable bonds is 3. The number of aliphatic hydroxyl groups excluding tert-OH is 1. The molecule has 8 heteroatoms. The number of carbonyl (C=O) groups excluding carboxylic acids is 2. The van der Waals surface area contributed by atoms with Crippen LogP contribution in [0.15, 0.2) is 36.9 Å². The lowest BCUT2D eigenvalue weighted by Gasteiger charge is -2.35. The molecule has 0 unspecified atom stereocenters. The Morgan fingerprint density at radius 3 is 2.83 bits per heavy atom. The monoisotopic (exact) mass is 410 g/mol. The number of hydrogen-bond donors (Lipinski definition) is 1. The summed E-state index contributed by atoms with van der Waals surface area (Å²) in [7, 11) is 0. The predicted molar refractivity (Wildman–Crippen MR) is 109 cm³/mol. The number of aromatic nitrogens is 2. The van der Waals surface area contributed by atoms with E-state index in [-0.39, 0.29) is 31.0 Å². The topological polar surface area (TPSA) is 87.9 Å². The molecule has 2 fully saturated rings. The number of hydrogen-bond acceptors (Lipinski definition) is 5. The molecule has 2 aliphatic heterocycles. The Morgan fingerprint density at radius 2 is 2.07 bits per heavy atom. The minimum absolute atomic E-state index is 0.000486. The van der Waals surface area contributed by atoms with Crippen LogP contribution in [0, 0.1) is 18.8 Å². The highest BCUT2D eigenvalue weighted by molar-refractivity contribution is 6.02. The Morgan fingerprint density at radius 1 is 1.27 bits per heavy atom. The first-order chi connectivity index (χ1) is 14.5. The first-order valence-electron chi connectivity index (χ1n) is 10.5. The summed E-state index contributed by atoms with van der Waals surface area (Å²) in [6, 6.07) is 5.66. The number of amides is 2. The molecule has 30 heavy (non-hydrogen) atoms. The number of anilines is 1. The van der Waals surface area contributed by atoms with Crippen LogP contribution in [0.1, 0.15) is 24.4 Å². The summed E-state index contributed by atoms with van der Waals surface area (Å²) in [5.74, 6) is 1.02. The molecule has 1 saturated carbocycles. The highest BCUT2D eigenvalue weighted by atomic mass is 16.5. The van der Waals surface area contributed by atoms with Gasteiger partial charge in [0.2, 0.25) is 5.91 Å². The molecule has 1 aromatic carbocycles. The average molecular weight is 410 g/mol. The Labute approximate surface area is 175 Å². The normalized spacial score (nSPS) is 28.1. The van der Waals surface area contributed by atoms with Crippen LogP contribution in [0.25, 0.3) is 0 Å². The van der Waals surface area contributed by atoms with E-state index in [0.717, 1.165) is 12.0 Å². The highest BCUT2D eigenvalue weighted by Gasteiger charge is 2.44. The van der Waals surface area contributed by atoms with Gasteiger partial charge in [-0.3, -0.25) is 14.5 Å². The summed E-state index contributed by atoms with van der Waals surface area (Å²) in [6.07, 6.45) is 6.42. The van der Waals surface area contributed by atoms with Gasteiger partial charge in [0.15, 0.2) is 6.61 Å². The second-order valence-electron chi connectivity index (χ2n) is 8.67. The molecule has 8 nitrogen and oxygen atoms in total. The SMILES string of the molecule is Cc1ccc2c(c1)N(CC(=O)N1C[C@H]3C[C@@H](n4ccnc4)[C@H](O)C[C@H]3C1)C(=O)CO2. The molecule has 1 N–H and O–H groups in total. The molecule has 1 aliphatic carbocycles. The largest absolute Gasteiger partial charge is 0.482 e. The molecule has 3 heterocycles. The third-order valence-corrected chi connectivity index (χ3v) is 6.72. The fraction of sp³-hybridized carbons (Fsp3) is 0.500. The zero-order valence-electron chi connectivity index (χ0n) is 17.0. The molecule has 0 radical (unpaired) electrons. The van der Waals surface area contributed by atoms with Crippen molar-refractivity contribution in [3.63, 3.8) is 0 Å². The minimum atomic E-state index is -0.439. The van der Waals surface area contributed by atoms with Gasteiger partial charge in [-0.1, -0.05) is 6.07 Å². The second-order valence-corrected chi connectivity index (χ2v) is 8.67. The number of carbonyl (C=O) groups is 2. The van der Waals surface area contributed by atoms with Crippen LogP contribution in [0.5, 0.6) is 5.75 Å². The van der Waals surface area contributed by atoms with Crippen LogP contribution in [-0.4, -0.2) is 63.7 Å². The number of likely N-dealkylation sites (tertiary alicyclic amines) is 1. The van der Waals surface area contributed by atoms with Crippen molar-refractivity contribution in [3.8, 4) is 5.75 Å². The van der Waals surface area contributed by atoms with Gasteiger partial charge in [0.25, 0.3) is 5.91 Å². The lowest BCUT2D eigenvalue weighted by atomic mass is 9.77. The molecule has 158 valence electrons. The van der Waals surface area contributed by atoms with E-state index in [9.17, 15) is 14.7 Å². The maximum absolute atomic E-state index is 13.1. The molecular formula is C22H26N4O4. The quantitative estimate of drug-likeness (QED) is 0.826. The number of aliphatic hydroxyl groups is 1. The maximum atomic E-state index is 13.1. The molecule has 2 aromatic rings. The number of imidazole rings is 1. The molecule has 1 saturated heterocycles. The molecule has 0 spiro atoms. The van der Waals surface area contributed by atoms with E-state index in [2.05, 4.69) is 4.98 Å². The predicted octanol–water partition coefficient (Wildman–Crippen LogP) is 1.39. The van der Waals surface area contributed by atoms with E-state index < -0.39 is 6.10 Å². The van der Waals surface area contributed by atoms with Gasteiger partial charge < -0.3 is 19.3 Å². The third kappa shape index (κ3) is 3.35. The minimum Gasteiger partial charge on any atom is -0.482 e. The zero-order valence-corrected chi connectivity index (χ0v) is 17.0. The molecular weight excluding hydrogens is 384 g/mol.